The molecule has 0 bridgehead atoms. The van der Waals surface area contributed by atoms with Gasteiger partial charge in [0.05, 0.1) is 5.41 Å². The summed E-state index contributed by atoms with van der Waals surface area (Å²) in [6, 6.07) is 5.77. The Balaban J connectivity index is 1.66. The van der Waals surface area contributed by atoms with Crippen LogP contribution < -0.4 is 9.47 Å². The van der Waals surface area contributed by atoms with E-state index < -0.39 is 17.2 Å². The van der Waals surface area contributed by atoms with Crippen molar-refractivity contribution in [2.24, 2.45) is 0 Å². The van der Waals surface area contributed by atoms with Crippen molar-refractivity contribution in [3.05, 3.63) is 23.8 Å². The van der Waals surface area contributed by atoms with Crippen molar-refractivity contribution < 1.29 is 19.4 Å². The Morgan fingerprint density at radius 1 is 0.870 bits per heavy atom. The van der Waals surface area contributed by atoms with Crippen molar-refractivity contribution in [3.63, 3.8) is 0 Å². The number of hydrogen-bond donors (Lipinski definition) is 1. The highest BCUT2D eigenvalue weighted by atomic mass is 16.7. The Morgan fingerprint density at radius 2 is 1.48 bits per heavy atom. The van der Waals surface area contributed by atoms with E-state index in [0.717, 1.165) is 62.0 Å². The molecule has 4 nitrogen and oxygen atoms in total. The van der Waals surface area contributed by atoms with Crippen molar-refractivity contribution in [1.82, 2.24) is 0 Å². The number of benzene rings is 1. The van der Waals surface area contributed by atoms with Gasteiger partial charge in [-0.3, -0.25) is 4.79 Å². The molecule has 2 saturated carbocycles. The Bertz CT molecular complexity index is 610. The molecule has 0 atom stereocenters. The van der Waals surface area contributed by atoms with Gasteiger partial charge >= 0.3 is 5.97 Å². The number of hydrogen-bond acceptors (Lipinski definition) is 3. The molecule has 2 aliphatic carbocycles. The summed E-state index contributed by atoms with van der Waals surface area (Å²) in [7, 11) is 0. The molecule has 4 heteroatoms. The van der Waals surface area contributed by atoms with Gasteiger partial charge in [0.25, 0.3) is 5.79 Å². The van der Waals surface area contributed by atoms with Gasteiger partial charge in [0, 0.05) is 12.8 Å². The molecule has 1 heterocycles. The molecule has 23 heavy (non-hydrogen) atoms. The van der Waals surface area contributed by atoms with E-state index in [0.29, 0.717) is 12.8 Å². The monoisotopic (exact) mass is 316 g/mol. The Morgan fingerprint density at radius 3 is 2.13 bits per heavy atom. The van der Waals surface area contributed by atoms with Crippen LogP contribution in [0, 0.1) is 0 Å². The van der Waals surface area contributed by atoms with Gasteiger partial charge in [0.2, 0.25) is 0 Å². The fourth-order valence-corrected chi connectivity index (χ4v) is 4.47. The van der Waals surface area contributed by atoms with Crippen LogP contribution in [0.3, 0.4) is 0 Å². The van der Waals surface area contributed by atoms with E-state index in [2.05, 4.69) is 0 Å². The second-order valence-electron chi connectivity index (χ2n) is 7.28. The van der Waals surface area contributed by atoms with Crippen LogP contribution in [-0.4, -0.2) is 16.9 Å². The highest BCUT2D eigenvalue weighted by Crippen LogP contribution is 2.48. The first kappa shape index (κ1) is 14.9. The maximum atomic E-state index is 12.0. The quantitative estimate of drug-likeness (QED) is 0.878. The first-order chi connectivity index (χ1) is 11.1. The molecule has 1 N–H and O–H groups in total. The first-order valence-corrected chi connectivity index (χ1v) is 8.90. The van der Waals surface area contributed by atoms with Crippen LogP contribution in [0.25, 0.3) is 0 Å². The maximum absolute atomic E-state index is 12.0. The predicted molar refractivity (Wildman–Crippen MR) is 85.9 cm³/mol. The van der Waals surface area contributed by atoms with Gasteiger partial charge in [-0.2, -0.15) is 0 Å². The zero-order valence-electron chi connectivity index (χ0n) is 13.5. The molecule has 0 saturated heterocycles. The normalized spacial score (nSPS) is 24.5. The first-order valence-electron chi connectivity index (χ1n) is 8.90. The number of carboxylic acid groups (broad SMARTS) is 1. The lowest BCUT2D eigenvalue weighted by Crippen LogP contribution is -2.40. The van der Waals surface area contributed by atoms with Crippen molar-refractivity contribution in [2.45, 2.75) is 75.4 Å². The summed E-state index contributed by atoms with van der Waals surface area (Å²) >= 11 is 0. The Hall–Kier alpha value is -1.71. The second kappa shape index (κ2) is 5.43. The van der Waals surface area contributed by atoms with Gasteiger partial charge < -0.3 is 14.6 Å². The van der Waals surface area contributed by atoms with Gasteiger partial charge in [0.1, 0.15) is 0 Å². The number of fused-ring (bicyclic) bond motifs is 1. The number of ether oxygens (including phenoxy) is 2. The van der Waals surface area contributed by atoms with Crippen LogP contribution in [0.4, 0.5) is 0 Å². The Labute approximate surface area is 136 Å². The van der Waals surface area contributed by atoms with Crippen LogP contribution in [-0.2, 0) is 10.2 Å². The summed E-state index contributed by atoms with van der Waals surface area (Å²) < 4.78 is 12.3. The van der Waals surface area contributed by atoms with E-state index in [1.165, 1.54) is 6.42 Å². The lowest BCUT2D eigenvalue weighted by molar-refractivity contribution is -0.145. The minimum atomic E-state index is -0.751. The lowest BCUT2D eigenvalue weighted by Gasteiger charge is -2.33. The van der Waals surface area contributed by atoms with E-state index in [1.807, 2.05) is 18.2 Å². The van der Waals surface area contributed by atoms with Gasteiger partial charge in [-0.25, -0.2) is 0 Å². The number of carbonyl (C=O) groups is 1. The fraction of sp³-hybridized carbons (Fsp3) is 0.632. The van der Waals surface area contributed by atoms with E-state index in [9.17, 15) is 9.90 Å². The molecule has 1 spiro atoms. The summed E-state index contributed by atoms with van der Waals surface area (Å²) in [6.07, 6.45) is 9.83. The average Bonchev–Trinajstić information content (AvgIpc) is 2.92. The van der Waals surface area contributed by atoms with Gasteiger partial charge in [-0.1, -0.05) is 31.7 Å². The third-order valence-corrected chi connectivity index (χ3v) is 5.82. The zero-order valence-corrected chi connectivity index (χ0v) is 13.5. The van der Waals surface area contributed by atoms with Crippen LogP contribution in [0.2, 0.25) is 0 Å². The summed E-state index contributed by atoms with van der Waals surface area (Å²) in [5.74, 6) is 0.299. The molecule has 2 fully saturated rings. The zero-order chi connectivity index (χ0) is 15.9. The molecule has 1 aromatic rings. The Kier molecular flexibility index (Phi) is 3.51. The molecule has 3 aliphatic rings. The maximum Gasteiger partial charge on any atom is 0.314 e. The summed E-state index contributed by atoms with van der Waals surface area (Å²) in [5, 5.41) is 9.86. The third kappa shape index (κ3) is 2.39. The molecule has 1 aliphatic heterocycles. The molecule has 4 rings (SSSR count). The van der Waals surface area contributed by atoms with Crippen LogP contribution in [0.1, 0.15) is 69.8 Å². The smallest absolute Gasteiger partial charge is 0.314 e. The molecule has 1 aromatic carbocycles. The number of rotatable bonds is 2. The van der Waals surface area contributed by atoms with Crippen molar-refractivity contribution in [2.75, 3.05) is 0 Å². The summed E-state index contributed by atoms with van der Waals surface area (Å²) in [4.78, 5) is 12.0. The standard InChI is InChI=1S/C19H24O4/c20-17(21)18(9-3-1-4-10-18)14-7-8-15-16(13-14)23-19(22-15)11-5-2-6-12-19/h7-8,13H,1-6,9-12H2,(H,20,21). The van der Waals surface area contributed by atoms with Crippen LogP contribution in [0.5, 0.6) is 11.5 Å². The summed E-state index contributed by atoms with van der Waals surface area (Å²) in [5.41, 5.74) is 0.124. The minimum absolute atomic E-state index is 0.498. The topological polar surface area (TPSA) is 55.8 Å². The molecule has 0 amide bonds. The highest BCUT2D eigenvalue weighted by molar-refractivity contribution is 5.82. The van der Waals surface area contributed by atoms with Crippen molar-refractivity contribution in [1.29, 1.82) is 0 Å². The third-order valence-electron chi connectivity index (χ3n) is 5.82. The number of aliphatic carboxylic acids is 1. The minimum Gasteiger partial charge on any atom is -0.481 e. The van der Waals surface area contributed by atoms with E-state index in [4.69, 9.17) is 9.47 Å². The average molecular weight is 316 g/mol. The fourth-order valence-electron chi connectivity index (χ4n) is 4.47. The highest BCUT2D eigenvalue weighted by Gasteiger charge is 2.45. The predicted octanol–water partition coefficient (Wildman–Crippen LogP) is 4.40. The van der Waals surface area contributed by atoms with Gasteiger partial charge in [0.15, 0.2) is 11.5 Å². The molecule has 124 valence electrons. The molecule has 0 unspecified atom stereocenters. The van der Waals surface area contributed by atoms with E-state index >= 15 is 0 Å². The SMILES string of the molecule is O=C(O)C1(c2ccc3c(c2)OC2(CCCCC2)O3)CCCCC1. The molecular formula is C19H24O4. The largest absolute Gasteiger partial charge is 0.481 e. The van der Waals surface area contributed by atoms with E-state index in [1.54, 1.807) is 0 Å². The van der Waals surface area contributed by atoms with Crippen molar-refractivity contribution >= 4 is 5.97 Å². The van der Waals surface area contributed by atoms with Crippen molar-refractivity contribution in [3.8, 4) is 11.5 Å². The summed E-state index contributed by atoms with van der Waals surface area (Å²) in [6.45, 7) is 0. The van der Waals surface area contributed by atoms with Crippen LogP contribution in [0.15, 0.2) is 18.2 Å². The molecular weight excluding hydrogens is 292 g/mol. The van der Waals surface area contributed by atoms with Crippen LogP contribution >= 0.6 is 0 Å². The van der Waals surface area contributed by atoms with Gasteiger partial charge in [-0.05, 0) is 43.4 Å². The molecule has 0 radical (unpaired) electrons. The second-order valence-corrected chi connectivity index (χ2v) is 7.28. The lowest BCUT2D eigenvalue weighted by atomic mass is 9.69. The van der Waals surface area contributed by atoms with Gasteiger partial charge in [-0.15, -0.1) is 0 Å². The number of carboxylic acids is 1. The molecule has 0 aromatic heterocycles. The van der Waals surface area contributed by atoms with E-state index in [-0.39, 0.29) is 0 Å².